The Hall–Kier alpha value is -1.39. The third-order valence-corrected chi connectivity index (χ3v) is 3.67. The van der Waals surface area contributed by atoms with E-state index in [9.17, 15) is 0 Å². The largest absolute Gasteiger partial charge is 0.481 e. The summed E-state index contributed by atoms with van der Waals surface area (Å²) < 4.78 is 6.24. The SMILES string of the molecule is COc1cccc(CN[C@@H](C)c2ccccc2Br)n1. The summed E-state index contributed by atoms with van der Waals surface area (Å²) in [6.07, 6.45) is 0. The van der Waals surface area contributed by atoms with Crippen molar-refractivity contribution in [2.75, 3.05) is 7.11 Å². The van der Waals surface area contributed by atoms with Gasteiger partial charge in [-0.1, -0.05) is 40.2 Å². The lowest BCUT2D eigenvalue weighted by atomic mass is 10.1. The fourth-order valence-electron chi connectivity index (χ4n) is 1.86. The molecule has 1 aromatic heterocycles. The molecule has 0 spiro atoms. The highest BCUT2D eigenvalue weighted by Gasteiger charge is 2.08. The number of nitrogens with one attached hydrogen (secondary N) is 1. The Bertz CT molecular complexity index is 545. The summed E-state index contributed by atoms with van der Waals surface area (Å²) in [6.45, 7) is 2.85. The van der Waals surface area contributed by atoms with E-state index in [4.69, 9.17) is 4.74 Å². The average molecular weight is 321 g/mol. The summed E-state index contributed by atoms with van der Waals surface area (Å²) in [4.78, 5) is 4.38. The molecule has 1 heterocycles. The van der Waals surface area contributed by atoms with Gasteiger partial charge in [0.25, 0.3) is 0 Å². The molecule has 0 aliphatic heterocycles. The van der Waals surface area contributed by atoms with Gasteiger partial charge in [-0.2, -0.15) is 0 Å². The van der Waals surface area contributed by atoms with E-state index in [0.29, 0.717) is 12.4 Å². The van der Waals surface area contributed by atoms with Crippen molar-refractivity contribution in [2.24, 2.45) is 0 Å². The van der Waals surface area contributed by atoms with E-state index in [1.54, 1.807) is 7.11 Å². The molecular formula is C15H17BrN2O. The summed E-state index contributed by atoms with van der Waals surface area (Å²) in [7, 11) is 1.63. The predicted molar refractivity (Wildman–Crippen MR) is 80.2 cm³/mol. The third-order valence-electron chi connectivity index (χ3n) is 2.95. The van der Waals surface area contributed by atoms with Gasteiger partial charge in [-0.3, -0.25) is 0 Å². The molecule has 1 aromatic carbocycles. The second-order valence-corrected chi connectivity index (χ2v) is 5.15. The Labute approximate surface area is 122 Å². The summed E-state index contributed by atoms with van der Waals surface area (Å²) in [5.74, 6) is 0.646. The molecule has 3 nitrogen and oxygen atoms in total. The molecule has 0 radical (unpaired) electrons. The van der Waals surface area contributed by atoms with Crippen molar-refractivity contribution < 1.29 is 4.74 Å². The molecule has 100 valence electrons. The van der Waals surface area contributed by atoms with Crippen molar-refractivity contribution in [1.29, 1.82) is 0 Å². The highest BCUT2D eigenvalue weighted by molar-refractivity contribution is 9.10. The molecule has 0 aliphatic rings. The van der Waals surface area contributed by atoms with E-state index >= 15 is 0 Å². The summed E-state index contributed by atoms with van der Waals surface area (Å²) in [5, 5.41) is 3.46. The lowest BCUT2D eigenvalue weighted by Crippen LogP contribution is -2.19. The molecule has 0 saturated heterocycles. The zero-order chi connectivity index (χ0) is 13.7. The fourth-order valence-corrected chi connectivity index (χ4v) is 2.49. The number of aromatic nitrogens is 1. The van der Waals surface area contributed by atoms with Crippen LogP contribution in [0.3, 0.4) is 0 Å². The number of ether oxygens (including phenoxy) is 1. The van der Waals surface area contributed by atoms with E-state index in [2.05, 4.69) is 45.3 Å². The zero-order valence-corrected chi connectivity index (χ0v) is 12.6. The molecule has 0 aliphatic carbocycles. The van der Waals surface area contributed by atoms with Crippen LogP contribution < -0.4 is 10.1 Å². The first-order valence-electron chi connectivity index (χ1n) is 6.18. The van der Waals surface area contributed by atoms with E-state index in [0.717, 1.165) is 10.2 Å². The zero-order valence-electron chi connectivity index (χ0n) is 11.1. The van der Waals surface area contributed by atoms with Crippen molar-refractivity contribution in [3.8, 4) is 5.88 Å². The van der Waals surface area contributed by atoms with Gasteiger partial charge in [0.1, 0.15) is 0 Å². The molecular weight excluding hydrogens is 304 g/mol. The normalized spacial score (nSPS) is 12.2. The summed E-state index contributed by atoms with van der Waals surface area (Å²) >= 11 is 3.57. The van der Waals surface area contributed by atoms with Crippen LogP contribution in [0.2, 0.25) is 0 Å². The molecule has 0 saturated carbocycles. The fraction of sp³-hybridized carbons (Fsp3) is 0.267. The van der Waals surface area contributed by atoms with Crippen LogP contribution in [-0.2, 0) is 6.54 Å². The van der Waals surface area contributed by atoms with E-state index in [1.807, 2.05) is 30.3 Å². The van der Waals surface area contributed by atoms with Gasteiger partial charge in [0, 0.05) is 23.1 Å². The molecule has 1 N–H and O–H groups in total. The maximum absolute atomic E-state index is 5.12. The van der Waals surface area contributed by atoms with E-state index in [-0.39, 0.29) is 6.04 Å². The summed E-state index contributed by atoms with van der Waals surface area (Å²) in [6, 6.07) is 14.3. The van der Waals surface area contributed by atoms with Crippen LogP contribution in [0.1, 0.15) is 24.2 Å². The molecule has 2 aromatic rings. The second kappa shape index (κ2) is 6.68. The number of pyridine rings is 1. The maximum atomic E-state index is 5.12. The number of benzene rings is 1. The average Bonchev–Trinajstić information content (AvgIpc) is 2.45. The minimum absolute atomic E-state index is 0.253. The number of halogens is 1. The van der Waals surface area contributed by atoms with Gasteiger partial charge in [0.05, 0.1) is 12.8 Å². The smallest absolute Gasteiger partial charge is 0.213 e. The van der Waals surface area contributed by atoms with Gasteiger partial charge in [-0.05, 0) is 24.6 Å². The lowest BCUT2D eigenvalue weighted by Gasteiger charge is -2.15. The maximum Gasteiger partial charge on any atom is 0.213 e. The van der Waals surface area contributed by atoms with Crippen LogP contribution in [0, 0.1) is 0 Å². The second-order valence-electron chi connectivity index (χ2n) is 4.30. The molecule has 0 bridgehead atoms. The first-order valence-corrected chi connectivity index (χ1v) is 6.97. The Balaban J connectivity index is 2.00. The van der Waals surface area contributed by atoms with Gasteiger partial charge in [0.2, 0.25) is 5.88 Å². The van der Waals surface area contributed by atoms with Crippen molar-refractivity contribution in [3.63, 3.8) is 0 Å². The highest BCUT2D eigenvalue weighted by Crippen LogP contribution is 2.22. The number of methoxy groups -OCH3 is 1. The predicted octanol–water partition coefficient (Wildman–Crippen LogP) is 3.70. The van der Waals surface area contributed by atoms with Crippen molar-refractivity contribution in [2.45, 2.75) is 19.5 Å². The number of rotatable bonds is 5. The molecule has 19 heavy (non-hydrogen) atoms. The lowest BCUT2D eigenvalue weighted by molar-refractivity contribution is 0.395. The van der Waals surface area contributed by atoms with Gasteiger partial charge >= 0.3 is 0 Å². The minimum Gasteiger partial charge on any atom is -0.481 e. The minimum atomic E-state index is 0.253. The van der Waals surface area contributed by atoms with Gasteiger partial charge in [-0.15, -0.1) is 0 Å². The number of hydrogen-bond donors (Lipinski definition) is 1. The summed E-state index contributed by atoms with van der Waals surface area (Å²) in [5.41, 5.74) is 2.21. The molecule has 0 unspecified atom stereocenters. The van der Waals surface area contributed by atoms with Crippen LogP contribution in [0.4, 0.5) is 0 Å². The molecule has 0 fully saturated rings. The molecule has 1 atom stereocenters. The van der Waals surface area contributed by atoms with Crippen LogP contribution >= 0.6 is 15.9 Å². The van der Waals surface area contributed by atoms with Crippen LogP contribution in [0.15, 0.2) is 46.9 Å². The molecule has 4 heteroatoms. The quantitative estimate of drug-likeness (QED) is 0.912. The Morgan fingerprint density at radius 1 is 1.21 bits per heavy atom. The number of nitrogens with zero attached hydrogens (tertiary/aromatic N) is 1. The van der Waals surface area contributed by atoms with Crippen LogP contribution in [-0.4, -0.2) is 12.1 Å². The van der Waals surface area contributed by atoms with Gasteiger partial charge in [-0.25, -0.2) is 4.98 Å². The topological polar surface area (TPSA) is 34.1 Å². The Morgan fingerprint density at radius 2 is 2.00 bits per heavy atom. The highest BCUT2D eigenvalue weighted by atomic mass is 79.9. The van der Waals surface area contributed by atoms with Crippen molar-refractivity contribution in [1.82, 2.24) is 10.3 Å². The Kier molecular flexibility index (Phi) is 4.93. The van der Waals surface area contributed by atoms with Crippen molar-refractivity contribution >= 4 is 15.9 Å². The first-order chi connectivity index (χ1) is 9.20. The first kappa shape index (κ1) is 14.0. The number of hydrogen-bond acceptors (Lipinski definition) is 3. The van der Waals surface area contributed by atoms with Crippen molar-refractivity contribution in [3.05, 3.63) is 58.2 Å². The third kappa shape index (κ3) is 3.78. The molecule has 2 rings (SSSR count). The van der Waals surface area contributed by atoms with Crippen LogP contribution in [0.25, 0.3) is 0 Å². The standard InChI is InChI=1S/C15H17BrN2O/c1-11(13-7-3-4-8-14(13)16)17-10-12-6-5-9-15(18-12)19-2/h3-9,11,17H,10H2,1-2H3/t11-/m0/s1. The van der Waals surface area contributed by atoms with E-state index in [1.165, 1.54) is 5.56 Å². The molecule has 0 amide bonds. The Morgan fingerprint density at radius 3 is 2.74 bits per heavy atom. The van der Waals surface area contributed by atoms with E-state index < -0.39 is 0 Å². The van der Waals surface area contributed by atoms with Crippen LogP contribution in [0.5, 0.6) is 5.88 Å². The van der Waals surface area contributed by atoms with Gasteiger partial charge < -0.3 is 10.1 Å². The monoisotopic (exact) mass is 320 g/mol. The van der Waals surface area contributed by atoms with Gasteiger partial charge in [0.15, 0.2) is 0 Å².